The quantitative estimate of drug-likeness (QED) is 0.422. The highest BCUT2D eigenvalue weighted by atomic mass is 16.4. The Hall–Kier alpha value is -1.65. The molecule has 168 valence electrons. The molecular weight excluding hydrogens is 387 g/mol. The Morgan fingerprint density at radius 1 is 0.967 bits per heavy atom. The van der Waals surface area contributed by atoms with Crippen molar-refractivity contribution in [2.45, 2.75) is 88.8 Å². The third-order valence-electron chi connectivity index (χ3n) is 6.94. The van der Waals surface area contributed by atoms with Gasteiger partial charge in [-0.3, -0.25) is 14.4 Å². The predicted octanol–water partition coefficient (Wildman–Crippen LogP) is -0.607. The molecule has 9 nitrogen and oxygen atoms in total. The van der Waals surface area contributed by atoms with Gasteiger partial charge in [0, 0.05) is 13.1 Å². The second kappa shape index (κ2) is 10.1. The van der Waals surface area contributed by atoms with Gasteiger partial charge in [0.05, 0.1) is 12.0 Å². The first-order chi connectivity index (χ1) is 14.3. The van der Waals surface area contributed by atoms with Crippen LogP contribution >= 0.6 is 0 Å². The molecule has 3 amide bonds. The molecular formula is C20H35BN4O5. The van der Waals surface area contributed by atoms with Crippen LogP contribution in [-0.2, 0) is 14.4 Å². The first kappa shape index (κ1) is 23.0. The Labute approximate surface area is 178 Å². The van der Waals surface area contributed by atoms with E-state index in [1.165, 1.54) is 16.2 Å². The molecule has 10 heteroatoms. The van der Waals surface area contributed by atoms with Crippen molar-refractivity contribution in [3.63, 3.8) is 0 Å². The van der Waals surface area contributed by atoms with Crippen LogP contribution in [0.5, 0.6) is 0 Å². The summed E-state index contributed by atoms with van der Waals surface area (Å²) in [6.07, 6.45) is 7.70. The van der Waals surface area contributed by atoms with Crippen molar-refractivity contribution >= 4 is 24.8 Å². The van der Waals surface area contributed by atoms with Gasteiger partial charge in [0.15, 0.2) is 0 Å². The highest BCUT2D eigenvalue weighted by Crippen LogP contribution is 2.27. The smallest absolute Gasteiger partial charge is 0.426 e. The van der Waals surface area contributed by atoms with Crippen molar-refractivity contribution < 1.29 is 24.4 Å². The van der Waals surface area contributed by atoms with E-state index >= 15 is 0 Å². The Morgan fingerprint density at radius 2 is 1.60 bits per heavy atom. The number of likely N-dealkylation sites (tertiary alicyclic amines) is 2. The molecule has 1 saturated carbocycles. The highest BCUT2D eigenvalue weighted by molar-refractivity contribution is 6.43. The standard InChI is InChI=1S/C20H35BN4O5/c1-13(23-18(26)17(22)14-7-3-2-4-8-14)19(27)24-11-5-9-15(24)20(28)25-12-6-10-16(25)21(29)30/h13-17,29-30H,2-12,22H2,1H3,(H,23,26)/t13-,15-,16-,17-/m0/s1. The first-order valence-electron chi connectivity index (χ1n) is 11.3. The summed E-state index contributed by atoms with van der Waals surface area (Å²) in [4.78, 5) is 41.7. The molecule has 2 saturated heterocycles. The van der Waals surface area contributed by atoms with Gasteiger partial charge in [-0.25, -0.2) is 0 Å². The van der Waals surface area contributed by atoms with Gasteiger partial charge in [-0.1, -0.05) is 19.3 Å². The van der Waals surface area contributed by atoms with Crippen LogP contribution in [0.4, 0.5) is 0 Å². The van der Waals surface area contributed by atoms with E-state index < -0.39 is 31.2 Å². The van der Waals surface area contributed by atoms with E-state index in [1.54, 1.807) is 6.92 Å². The molecule has 3 aliphatic rings. The van der Waals surface area contributed by atoms with Crippen molar-refractivity contribution in [3.8, 4) is 0 Å². The lowest BCUT2D eigenvalue weighted by atomic mass is 9.77. The molecule has 30 heavy (non-hydrogen) atoms. The van der Waals surface area contributed by atoms with Gasteiger partial charge < -0.3 is 30.9 Å². The lowest BCUT2D eigenvalue weighted by molar-refractivity contribution is -0.145. The third-order valence-corrected chi connectivity index (χ3v) is 6.94. The summed E-state index contributed by atoms with van der Waals surface area (Å²) in [7, 11) is -1.58. The minimum Gasteiger partial charge on any atom is -0.426 e. The molecule has 0 spiro atoms. The SMILES string of the molecule is C[C@H](NC(=O)[C@@H](N)C1CCCCC1)C(=O)N1CCC[C@H]1C(=O)N1CCC[C@H]1B(O)O. The van der Waals surface area contributed by atoms with Crippen molar-refractivity contribution in [3.05, 3.63) is 0 Å². The third kappa shape index (κ3) is 4.98. The van der Waals surface area contributed by atoms with E-state index in [1.807, 2.05) is 0 Å². The fourth-order valence-corrected chi connectivity index (χ4v) is 5.18. The predicted molar refractivity (Wildman–Crippen MR) is 112 cm³/mol. The van der Waals surface area contributed by atoms with E-state index in [2.05, 4.69) is 5.32 Å². The molecule has 0 unspecified atom stereocenters. The number of hydrogen-bond donors (Lipinski definition) is 4. The summed E-state index contributed by atoms with van der Waals surface area (Å²) in [6, 6.07) is -2.01. The Balaban J connectivity index is 1.59. The van der Waals surface area contributed by atoms with Crippen molar-refractivity contribution in [1.82, 2.24) is 15.1 Å². The van der Waals surface area contributed by atoms with Crippen LogP contribution in [0.3, 0.4) is 0 Å². The second-order valence-electron chi connectivity index (χ2n) is 9.00. The van der Waals surface area contributed by atoms with Gasteiger partial charge in [-0.2, -0.15) is 0 Å². The molecule has 3 rings (SSSR count). The summed E-state index contributed by atoms with van der Waals surface area (Å²) >= 11 is 0. The zero-order chi connectivity index (χ0) is 21.8. The molecule has 0 aromatic rings. The molecule has 0 aromatic carbocycles. The maximum absolute atomic E-state index is 13.0. The van der Waals surface area contributed by atoms with Crippen LogP contribution in [0.25, 0.3) is 0 Å². The number of carbonyl (C=O) groups excluding carboxylic acids is 3. The zero-order valence-electron chi connectivity index (χ0n) is 17.8. The number of hydrogen-bond acceptors (Lipinski definition) is 6. The Kier molecular flexibility index (Phi) is 7.76. The van der Waals surface area contributed by atoms with E-state index in [9.17, 15) is 24.4 Å². The number of rotatable bonds is 6. The average Bonchev–Trinajstić information content (AvgIpc) is 3.42. The van der Waals surface area contributed by atoms with Crippen LogP contribution in [-0.4, -0.2) is 81.8 Å². The minimum absolute atomic E-state index is 0.152. The summed E-state index contributed by atoms with van der Waals surface area (Å²) in [5.74, 6) is -1.32. The van der Waals surface area contributed by atoms with Gasteiger partial charge in [0.25, 0.3) is 0 Å². The summed E-state index contributed by atoms with van der Waals surface area (Å²) in [5, 5.41) is 21.9. The van der Waals surface area contributed by atoms with Crippen molar-refractivity contribution in [2.75, 3.05) is 13.1 Å². The van der Waals surface area contributed by atoms with E-state index in [4.69, 9.17) is 5.73 Å². The Bertz CT molecular complexity index is 643. The maximum atomic E-state index is 13.0. The number of carbonyl (C=O) groups is 3. The molecule has 1 aliphatic carbocycles. The number of nitrogens with one attached hydrogen (secondary N) is 1. The highest BCUT2D eigenvalue weighted by Gasteiger charge is 2.44. The normalized spacial score (nSPS) is 27.1. The summed E-state index contributed by atoms with van der Waals surface area (Å²) < 4.78 is 0. The van der Waals surface area contributed by atoms with Crippen molar-refractivity contribution in [2.24, 2.45) is 11.7 Å². The van der Waals surface area contributed by atoms with Gasteiger partial charge in [0.1, 0.15) is 12.1 Å². The first-order valence-corrected chi connectivity index (χ1v) is 11.3. The Morgan fingerprint density at radius 3 is 2.27 bits per heavy atom. The summed E-state index contributed by atoms with van der Waals surface area (Å²) in [6.45, 7) is 2.54. The largest absolute Gasteiger partial charge is 0.475 e. The van der Waals surface area contributed by atoms with Gasteiger partial charge in [-0.15, -0.1) is 0 Å². The van der Waals surface area contributed by atoms with Crippen LogP contribution < -0.4 is 11.1 Å². The molecule has 0 aromatic heterocycles. The second-order valence-corrected chi connectivity index (χ2v) is 9.00. The molecule has 5 N–H and O–H groups in total. The lowest BCUT2D eigenvalue weighted by Gasteiger charge is -2.33. The van der Waals surface area contributed by atoms with E-state index in [0.717, 1.165) is 25.7 Å². The van der Waals surface area contributed by atoms with Crippen molar-refractivity contribution in [1.29, 1.82) is 0 Å². The number of amides is 3. The monoisotopic (exact) mass is 422 g/mol. The topological polar surface area (TPSA) is 136 Å². The minimum atomic E-state index is -1.58. The molecule has 2 aliphatic heterocycles. The molecule has 4 atom stereocenters. The average molecular weight is 422 g/mol. The van der Waals surface area contributed by atoms with Crippen LogP contribution in [0.1, 0.15) is 64.7 Å². The zero-order valence-corrected chi connectivity index (χ0v) is 17.8. The number of nitrogens with two attached hydrogens (primary N) is 1. The fourth-order valence-electron chi connectivity index (χ4n) is 5.18. The van der Waals surface area contributed by atoms with Gasteiger partial charge in [0.2, 0.25) is 17.7 Å². The number of nitrogens with zero attached hydrogens (tertiary/aromatic N) is 2. The molecule has 0 radical (unpaired) electrons. The van der Waals surface area contributed by atoms with Crippen LogP contribution in [0.15, 0.2) is 0 Å². The molecule has 2 heterocycles. The summed E-state index contributed by atoms with van der Waals surface area (Å²) in [5.41, 5.74) is 6.15. The molecule has 3 fully saturated rings. The van der Waals surface area contributed by atoms with Crippen LogP contribution in [0, 0.1) is 5.92 Å². The lowest BCUT2D eigenvalue weighted by Crippen LogP contribution is -2.57. The van der Waals surface area contributed by atoms with E-state index in [-0.39, 0.29) is 23.6 Å². The van der Waals surface area contributed by atoms with Gasteiger partial charge in [-0.05, 0) is 51.4 Å². The van der Waals surface area contributed by atoms with Gasteiger partial charge >= 0.3 is 7.12 Å². The fraction of sp³-hybridized carbons (Fsp3) is 0.850. The maximum Gasteiger partial charge on any atom is 0.475 e. The molecule has 0 bridgehead atoms. The van der Waals surface area contributed by atoms with E-state index in [0.29, 0.717) is 38.8 Å². The van der Waals surface area contributed by atoms with Crippen LogP contribution in [0.2, 0.25) is 0 Å².